The molecule has 0 aromatic carbocycles. The van der Waals surface area contributed by atoms with E-state index in [1.54, 1.807) is 0 Å². The van der Waals surface area contributed by atoms with Crippen molar-refractivity contribution >= 4 is 5.97 Å². The van der Waals surface area contributed by atoms with Crippen LogP contribution in [-0.2, 0) is 9.53 Å². The molecular weight excluding hydrogens is 192 g/mol. The summed E-state index contributed by atoms with van der Waals surface area (Å²) in [5.74, 6) is -0.154. The van der Waals surface area contributed by atoms with E-state index in [0.717, 1.165) is 6.54 Å². The van der Waals surface area contributed by atoms with Gasteiger partial charge in [-0.15, -0.1) is 0 Å². The summed E-state index contributed by atoms with van der Waals surface area (Å²) in [5.41, 5.74) is 0. The van der Waals surface area contributed by atoms with Crippen molar-refractivity contribution < 1.29 is 9.53 Å². The topological polar surface area (TPSA) is 32.8 Å². The second kappa shape index (κ2) is 5.47. The Morgan fingerprint density at radius 1 is 1.67 bits per heavy atom. The van der Waals surface area contributed by atoms with Crippen molar-refractivity contribution in [3.05, 3.63) is 0 Å². The maximum absolute atomic E-state index is 11.3. The van der Waals surface area contributed by atoms with Crippen LogP contribution in [0.15, 0.2) is 0 Å². The lowest BCUT2D eigenvalue weighted by Crippen LogP contribution is -2.44. The van der Waals surface area contributed by atoms with E-state index in [9.17, 15) is 4.79 Å². The second-order valence-electron chi connectivity index (χ2n) is 4.42. The van der Waals surface area contributed by atoms with Crippen LogP contribution in [0.5, 0.6) is 0 Å². The molecule has 0 saturated carbocycles. The monoisotopic (exact) mass is 214 g/mol. The van der Waals surface area contributed by atoms with E-state index < -0.39 is 0 Å². The molecule has 0 aliphatic carbocycles. The van der Waals surface area contributed by atoms with Crippen LogP contribution < -0.4 is 0 Å². The Balaban J connectivity index is 2.40. The quantitative estimate of drug-likeness (QED) is 0.641. The van der Waals surface area contributed by atoms with Gasteiger partial charge in [-0.05, 0) is 40.4 Å². The highest BCUT2D eigenvalue weighted by Crippen LogP contribution is 2.16. The highest BCUT2D eigenvalue weighted by Gasteiger charge is 2.26. The predicted octanol–water partition coefficient (Wildman–Crippen LogP) is 0.574. The highest BCUT2D eigenvalue weighted by atomic mass is 16.5. The SMILES string of the molecule is COC(=O)C(C)N(C)CC1CCCN1C. The molecule has 0 N–H and O–H groups in total. The predicted molar refractivity (Wildman–Crippen MR) is 59.8 cm³/mol. The summed E-state index contributed by atoms with van der Waals surface area (Å²) >= 11 is 0. The minimum absolute atomic E-state index is 0.149. The van der Waals surface area contributed by atoms with Crippen molar-refractivity contribution in [3.8, 4) is 0 Å². The molecule has 2 unspecified atom stereocenters. The van der Waals surface area contributed by atoms with Gasteiger partial charge in [0.15, 0.2) is 0 Å². The Bertz CT molecular complexity index is 221. The standard InChI is InChI=1S/C11H22N2O2/c1-9(11(14)15-4)13(3)8-10-6-5-7-12(10)2/h9-10H,5-8H2,1-4H3. The van der Waals surface area contributed by atoms with E-state index >= 15 is 0 Å². The summed E-state index contributed by atoms with van der Waals surface area (Å²) in [6.45, 7) is 4.00. The summed E-state index contributed by atoms with van der Waals surface area (Å²) in [5, 5.41) is 0. The first kappa shape index (κ1) is 12.5. The number of carbonyl (C=O) groups excluding carboxylic acids is 1. The summed E-state index contributed by atoms with van der Waals surface area (Å²) in [4.78, 5) is 15.8. The van der Waals surface area contributed by atoms with Gasteiger partial charge in [0, 0.05) is 12.6 Å². The van der Waals surface area contributed by atoms with Gasteiger partial charge in [-0.1, -0.05) is 0 Å². The number of esters is 1. The molecule has 0 spiro atoms. The third-order valence-electron chi connectivity index (χ3n) is 3.37. The van der Waals surface area contributed by atoms with E-state index in [1.165, 1.54) is 26.5 Å². The third kappa shape index (κ3) is 3.18. The van der Waals surface area contributed by atoms with Crippen LogP contribution in [-0.4, -0.2) is 62.1 Å². The average molecular weight is 214 g/mol. The Morgan fingerprint density at radius 3 is 2.80 bits per heavy atom. The molecule has 1 heterocycles. The molecule has 1 aliphatic rings. The van der Waals surface area contributed by atoms with E-state index in [-0.39, 0.29) is 12.0 Å². The zero-order valence-corrected chi connectivity index (χ0v) is 10.2. The van der Waals surface area contributed by atoms with Gasteiger partial charge < -0.3 is 9.64 Å². The molecule has 0 aromatic heterocycles. The Hall–Kier alpha value is -0.610. The van der Waals surface area contributed by atoms with Gasteiger partial charge in [0.05, 0.1) is 7.11 Å². The van der Waals surface area contributed by atoms with Crippen molar-refractivity contribution in [2.24, 2.45) is 0 Å². The first-order valence-corrected chi connectivity index (χ1v) is 5.54. The van der Waals surface area contributed by atoms with Crippen molar-refractivity contribution in [2.75, 3.05) is 34.3 Å². The van der Waals surface area contributed by atoms with Crippen molar-refractivity contribution in [2.45, 2.75) is 31.8 Å². The van der Waals surface area contributed by atoms with Crippen molar-refractivity contribution in [1.29, 1.82) is 0 Å². The fourth-order valence-corrected chi connectivity index (χ4v) is 2.05. The number of likely N-dealkylation sites (tertiary alicyclic amines) is 1. The maximum Gasteiger partial charge on any atom is 0.322 e. The molecule has 4 heteroatoms. The molecule has 1 saturated heterocycles. The van der Waals surface area contributed by atoms with Crippen LogP contribution in [0.25, 0.3) is 0 Å². The highest BCUT2D eigenvalue weighted by molar-refractivity contribution is 5.75. The van der Waals surface area contributed by atoms with Crippen LogP contribution in [0.1, 0.15) is 19.8 Å². The van der Waals surface area contributed by atoms with Gasteiger partial charge in [0.2, 0.25) is 0 Å². The normalized spacial score (nSPS) is 24.5. The number of hydrogen-bond acceptors (Lipinski definition) is 4. The maximum atomic E-state index is 11.3. The molecule has 88 valence electrons. The fraction of sp³-hybridized carbons (Fsp3) is 0.909. The largest absolute Gasteiger partial charge is 0.468 e. The van der Waals surface area contributed by atoms with E-state index in [0.29, 0.717) is 6.04 Å². The lowest BCUT2D eigenvalue weighted by molar-refractivity contribution is -0.146. The third-order valence-corrected chi connectivity index (χ3v) is 3.37. The number of rotatable bonds is 4. The number of carbonyl (C=O) groups is 1. The molecule has 2 atom stereocenters. The minimum Gasteiger partial charge on any atom is -0.468 e. The fourth-order valence-electron chi connectivity index (χ4n) is 2.05. The molecular formula is C11H22N2O2. The second-order valence-corrected chi connectivity index (χ2v) is 4.42. The van der Waals surface area contributed by atoms with Gasteiger partial charge in [-0.25, -0.2) is 0 Å². The minimum atomic E-state index is -0.154. The summed E-state index contributed by atoms with van der Waals surface area (Å²) in [6, 6.07) is 0.436. The van der Waals surface area contributed by atoms with E-state index in [2.05, 4.69) is 16.8 Å². The Morgan fingerprint density at radius 2 is 2.33 bits per heavy atom. The van der Waals surface area contributed by atoms with Crippen LogP contribution in [0.3, 0.4) is 0 Å². The Labute approximate surface area is 92.2 Å². The molecule has 1 aliphatic heterocycles. The molecule has 0 bridgehead atoms. The number of likely N-dealkylation sites (N-methyl/N-ethyl adjacent to an activating group) is 2. The summed E-state index contributed by atoms with van der Waals surface area (Å²) < 4.78 is 4.73. The lowest BCUT2D eigenvalue weighted by Gasteiger charge is -2.28. The zero-order chi connectivity index (χ0) is 11.4. The lowest BCUT2D eigenvalue weighted by atomic mass is 10.2. The molecule has 1 fully saturated rings. The number of methoxy groups -OCH3 is 1. The van der Waals surface area contributed by atoms with Crippen molar-refractivity contribution in [1.82, 2.24) is 9.80 Å². The summed E-state index contributed by atoms with van der Waals surface area (Å²) in [7, 11) is 5.57. The van der Waals surface area contributed by atoms with Gasteiger partial charge in [0.25, 0.3) is 0 Å². The molecule has 0 radical (unpaired) electrons. The van der Waals surface area contributed by atoms with Gasteiger partial charge >= 0.3 is 5.97 Å². The van der Waals surface area contributed by atoms with Crippen LogP contribution in [0, 0.1) is 0 Å². The van der Waals surface area contributed by atoms with Gasteiger partial charge in [0.1, 0.15) is 6.04 Å². The molecule has 4 nitrogen and oxygen atoms in total. The van der Waals surface area contributed by atoms with Gasteiger partial charge in [-0.2, -0.15) is 0 Å². The first-order valence-electron chi connectivity index (χ1n) is 5.54. The number of nitrogens with zero attached hydrogens (tertiary/aromatic N) is 2. The molecule has 0 amide bonds. The smallest absolute Gasteiger partial charge is 0.322 e. The summed E-state index contributed by atoms with van der Waals surface area (Å²) in [6.07, 6.45) is 2.50. The number of ether oxygens (including phenoxy) is 1. The number of hydrogen-bond donors (Lipinski definition) is 0. The van der Waals surface area contributed by atoms with Gasteiger partial charge in [-0.3, -0.25) is 9.69 Å². The average Bonchev–Trinajstić information content (AvgIpc) is 2.62. The van der Waals surface area contributed by atoms with Crippen LogP contribution >= 0.6 is 0 Å². The van der Waals surface area contributed by atoms with E-state index in [1.807, 2.05) is 14.0 Å². The Kier molecular flexibility index (Phi) is 4.54. The molecule has 1 rings (SSSR count). The zero-order valence-electron chi connectivity index (χ0n) is 10.2. The van der Waals surface area contributed by atoms with Crippen molar-refractivity contribution in [3.63, 3.8) is 0 Å². The molecule has 0 aromatic rings. The van der Waals surface area contributed by atoms with E-state index in [4.69, 9.17) is 4.74 Å². The first-order chi connectivity index (χ1) is 7.06. The van der Waals surface area contributed by atoms with Crippen LogP contribution in [0.4, 0.5) is 0 Å². The molecule has 15 heavy (non-hydrogen) atoms. The van der Waals surface area contributed by atoms with Crippen LogP contribution in [0.2, 0.25) is 0 Å².